The summed E-state index contributed by atoms with van der Waals surface area (Å²) < 4.78 is 5.51. The highest BCUT2D eigenvalue weighted by Gasteiger charge is 2.20. The zero-order valence-corrected chi connectivity index (χ0v) is 58.6. The van der Waals surface area contributed by atoms with Gasteiger partial charge < -0.3 is 20.3 Å². The maximum atomic E-state index is 12.6. The lowest BCUT2D eigenvalue weighted by Gasteiger charge is -2.22. The van der Waals surface area contributed by atoms with E-state index in [4.69, 9.17) is 4.74 Å². The van der Waals surface area contributed by atoms with Crippen molar-refractivity contribution in [2.75, 3.05) is 13.2 Å². The van der Waals surface area contributed by atoms with Gasteiger partial charge in [0.2, 0.25) is 5.91 Å². The second-order valence-corrected chi connectivity index (χ2v) is 27.4. The Morgan fingerprint density at radius 2 is 0.581 bits per heavy atom. The third-order valence-corrected chi connectivity index (χ3v) is 18.8. The Bertz CT molecular complexity index is 1350. The predicted octanol–water partition coefficient (Wildman–Crippen LogP) is 26.0. The van der Waals surface area contributed by atoms with Crippen molar-refractivity contribution in [1.29, 1.82) is 0 Å². The molecule has 6 heteroatoms. The van der Waals surface area contributed by atoms with Gasteiger partial charge in [-0.1, -0.05) is 404 Å². The smallest absolute Gasteiger partial charge is 0.305 e. The van der Waals surface area contributed by atoms with E-state index in [0.717, 1.165) is 51.4 Å². The molecule has 86 heavy (non-hydrogen) atoms. The van der Waals surface area contributed by atoms with Gasteiger partial charge in [-0.05, 0) is 57.8 Å². The number of hydrogen-bond acceptors (Lipinski definition) is 5. The number of esters is 1. The van der Waals surface area contributed by atoms with Gasteiger partial charge in [0.1, 0.15) is 0 Å². The number of aliphatic hydroxyl groups is 2. The third kappa shape index (κ3) is 71.4. The minimum Gasteiger partial charge on any atom is -0.466 e. The minimum atomic E-state index is -0.663. The Morgan fingerprint density at radius 3 is 0.907 bits per heavy atom. The van der Waals surface area contributed by atoms with Crippen LogP contribution in [0.3, 0.4) is 0 Å². The van der Waals surface area contributed by atoms with Crippen molar-refractivity contribution in [1.82, 2.24) is 5.32 Å². The van der Waals surface area contributed by atoms with Crippen LogP contribution < -0.4 is 5.32 Å². The van der Waals surface area contributed by atoms with Crippen LogP contribution >= 0.6 is 0 Å². The van der Waals surface area contributed by atoms with Crippen molar-refractivity contribution in [3.05, 3.63) is 24.3 Å². The molecular formula is C80H155NO5. The largest absolute Gasteiger partial charge is 0.466 e. The fourth-order valence-corrected chi connectivity index (χ4v) is 12.7. The van der Waals surface area contributed by atoms with E-state index in [9.17, 15) is 19.8 Å². The number of nitrogens with one attached hydrogen (secondary N) is 1. The second kappa shape index (κ2) is 75.8. The van der Waals surface area contributed by atoms with Crippen molar-refractivity contribution < 1.29 is 24.5 Å². The van der Waals surface area contributed by atoms with Crippen LogP contribution in [0.15, 0.2) is 24.3 Å². The molecule has 0 aliphatic rings. The van der Waals surface area contributed by atoms with Gasteiger partial charge in [-0.15, -0.1) is 0 Å². The van der Waals surface area contributed by atoms with Crippen LogP contribution in [0, 0.1) is 0 Å². The van der Waals surface area contributed by atoms with Gasteiger partial charge in [0.15, 0.2) is 0 Å². The zero-order valence-electron chi connectivity index (χ0n) is 58.6. The Kier molecular flexibility index (Phi) is 74.3. The van der Waals surface area contributed by atoms with E-state index < -0.39 is 12.1 Å². The van der Waals surface area contributed by atoms with Crippen molar-refractivity contribution in [3.63, 3.8) is 0 Å². The number of hydrogen-bond donors (Lipinski definition) is 3. The molecular weight excluding hydrogens is 1050 g/mol. The summed E-state index contributed by atoms with van der Waals surface area (Å²) in [5.41, 5.74) is 0. The summed E-state index contributed by atoms with van der Waals surface area (Å²) in [4.78, 5) is 24.7. The first-order valence-electron chi connectivity index (χ1n) is 39.6. The molecule has 0 spiro atoms. The lowest BCUT2D eigenvalue weighted by Crippen LogP contribution is -2.45. The van der Waals surface area contributed by atoms with Crippen molar-refractivity contribution in [2.45, 2.75) is 463 Å². The van der Waals surface area contributed by atoms with Crippen LogP contribution in [0.25, 0.3) is 0 Å². The third-order valence-electron chi connectivity index (χ3n) is 18.8. The predicted molar refractivity (Wildman–Crippen MR) is 380 cm³/mol. The summed E-state index contributed by atoms with van der Waals surface area (Å²) in [6.45, 7) is 4.98. The molecule has 0 aliphatic heterocycles. The number of carbonyl (C=O) groups is 2. The van der Waals surface area contributed by atoms with Crippen LogP contribution in [0.2, 0.25) is 0 Å². The SMILES string of the molecule is CCCCC/C=C\C/C=C\CCCCCCCCCC(=O)OCCCCCCCCCCCCCCCCCCCCCCCCCCCCCCCCC(=O)NC(CO)C(O)CCCCCCCCCCCCCCCCCCCCCCCC. The molecule has 510 valence electrons. The quantitative estimate of drug-likeness (QED) is 0.0320. The Labute approximate surface area is 539 Å². The molecule has 1 amide bonds. The van der Waals surface area contributed by atoms with Gasteiger partial charge in [-0.3, -0.25) is 9.59 Å². The van der Waals surface area contributed by atoms with Gasteiger partial charge >= 0.3 is 5.97 Å². The molecule has 0 bridgehead atoms. The van der Waals surface area contributed by atoms with Gasteiger partial charge in [0.05, 0.1) is 25.4 Å². The van der Waals surface area contributed by atoms with E-state index in [-0.39, 0.29) is 18.5 Å². The highest BCUT2D eigenvalue weighted by atomic mass is 16.5. The Morgan fingerprint density at radius 1 is 0.326 bits per heavy atom. The molecule has 0 aromatic heterocycles. The van der Waals surface area contributed by atoms with Gasteiger partial charge in [0, 0.05) is 12.8 Å². The monoisotopic (exact) mass is 1210 g/mol. The number of carbonyl (C=O) groups excluding carboxylic acids is 2. The number of amides is 1. The van der Waals surface area contributed by atoms with Crippen LogP contribution in [0.1, 0.15) is 450 Å². The number of aliphatic hydroxyl groups excluding tert-OH is 2. The maximum Gasteiger partial charge on any atom is 0.305 e. The summed E-state index contributed by atoms with van der Waals surface area (Å²) in [5.74, 6) is -0.0122. The number of rotatable bonds is 75. The Hall–Kier alpha value is -1.66. The summed E-state index contributed by atoms with van der Waals surface area (Å²) in [6.07, 6.45) is 96.9. The van der Waals surface area contributed by atoms with Gasteiger partial charge in [-0.2, -0.15) is 0 Å². The van der Waals surface area contributed by atoms with E-state index in [1.807, 2.05) is 0 Å². The molecule has 3 N–H and O–H groups in total. The van der Waals surface area contributed by atoms with Crippen molar-refractivity contribution in [2.24, 2.45) is 0 Å². The molecule has 0 radical (unpaired) electrons. The number of ether oxygens (including phenoxy) is 1. The van der Waals surface area contributed by atoms with Crippen LogP contribution in [0.4, 0.5) is 0 Å². The normalized spacial score (nSPS) is 12.6. The maximum absolute atomic E-state index is 12.6. The summed E-state index contributed by atoms with van der Waals surface area (Å²) in [7, 11) is 0. The van der Waals surface area contributed by atoms with E-state index in [1.165, 1.54) is 366 Å². The zero-order chi connectivity index (χ0) is 62.0. The van der Waals surface area contributed by atoms with Crippen molar-refractivity contribution in [3.8, 4) is 0 Å². The van der Waals surface area contributed by atoms with Crippen LogP contribution in [-0.2, 0) is 14.3 Å². The average Bonchev–Trinajstić information content (AvgIpc) is 3.56. The highest BCUT2D eigenvalue weighted by Crippen LogP contribution is 2.20. The molecule has 0 rings (SSSR count). The molecule has 0 saturated carbocycles. The second-order valence-electron chi connectivity index (χ2n) is 27.4. The van der Waals surface area contributed by atoms with E-state index in [1.54, 1.807) is 0 Å². The first-order valence-corrected chi connectivity index (χ1v) is 39.6. The molecule has 0 aliphatic carbocycles. The molecule has 0 saturated heterocycles. The van der Waals surface area contributed by atoms with E-state index in [0.29, 0.717) is 25.9 Å². The molecule has 0 fully saturated rings. The van der Waals surface area contributed by atoms with E-state index >= 15 is 0 Å². The van der Waals surface area contributed by atoms with Gasteiger partial charge in [-0.25, -0.2) is 0 Å². The minimum absolute atomic E-state index is 0.0134. The fourth-order valence-electron chi connectivity index (χ4n) is 12.7. The first kappa shape index (κ1) is 84.3. The molecule has 0 heterocycles. The standard InChI is InChI=1S/C80H155NO5/c1-3-5-7-9-11-13-15-17-19-21-22-23-34-37-41-44-48-52-56-60-64-68-72-78(83)77(76-82)81-79(84)73-69-65-61-57-53-49-45-42-38-35-32-30-28-26-24-25-27-29-31-33-36-39-43-47-51-55-59-63-67-71-75-86-80(85)74-70-66-62-58-54-50-46-40-20-18-16-14-12-10-8-6-4-2/h12,14,18,20,77-78,82-83H,3-11,13,15-17,19,21-76H2,1-2H3,(H,81,84)/b14-12-,20-18-. The molecule has 6 nitrogen and oxygen atoms in total. The summed E-state index contributed by atoms with van der Waals surface area (Å²) in [5, 5.41) is 23.5. The lowest BCUT2D eigenvalue weighted by molar-refractivity contribution is -0.143. The molecule has 2 atom stereocenters. The topological polar surface area (TPSA) is 95.9 Å². The van der Waals surface area contributed by atoms with E-state index in [2.05, 4.69) is 43.5 Å². The Balaban J connectivity index is 3.33. The summed E-state index contributed by atoms with van der Waals surface area (Å²) in [6, 6.07) is -0.539. The summed E-state index contributed by atoms with van der Waals surface area (Å²) >= 11 is 0. The van der Waals surface area contributed by atoms with Crippen LogP contribution in [-0.4, -0.2) is 47.4 Å². The highest BCUT2D eigenvalue weighted by molar-refractivity contribution is 5.76. The van der Waals surface area contributed by atoms with Crippen molar-refractivity contribution >= 4 is 11.9 Å². The van der Waals surface area contributed by atoms with Gasteiger partial charge in [0.25, 0.3) is 0 Å². The average molecular weight is 1210 g/mol. The number of allylic oxidation sites excluding steroid dienone is 4. The lowest BCUT2D eigenvalue weighted by atomic mass is 10.0. The molecule has 2 unspecified atom stereocenters. The van der Waals surface area contributed by atoms with Crippen LogP contribution in [0.5, 0.6) is 0 Å². The molecule has 0 aromatic rings. The number of unbranched alkanes of at least 4 members (excludes halogenated alkanes) is 60. The molecule has 0 aromatic carbocycles. The fraction of sp³-hybridized carbons (Fsp3) is 0.925. The first-order chi connectivity index (χ1) is 42.5.